The van der Waals surface area contributed by atoms with Crippen LogP contribution in [0.5, 0.6) is 11.5 Å². The number of rotatable bonds is 9. The topological polar surface area (TPSA) is 106 Å². The summed E-state index contributed by atoms with van der Waals surface area (Å²) < 4.78 is 10.7. The monoisotopic (exact) mass is 459 g/mol. The molecule has 0 radical (unpaired) electrons. The second-order valence-electron chi connectivity index (χ2n) is 7.67. The Morgan fingerprint density at radius 3 is 2.53 bits per heavy atom. The zero-order valence-corrected chi connectivity index (χ0v) is 18.9. The number of nitrogens with one attached hydrogen (secondary N) is 2. The van der Waals surface area contributed by atoms with Gasteiger partial charge in [0.1, 0.15) is 5.56 Å². The van der Waals surface area contributed by atoms with E-state index in [1.54, 1.807) is 6.92 Å². The van der Waals surface area contributed by atoms with E-state index in [2.05, 4.69) is 10.3 Å². The number of para-hydroxylation sites is 1. The van der Waals surface area contributed by atoms with Gasteiger partial charge in [-0.15, -0.1) is 0 Å². The number of nitrogens with zero attached hydrogens (tertiary/aromatic N) is 1. The lowest BCUT2D eigenvalue weighted by atomic mass is 9.91. The summed E-state index contributed by atoms with van der Waals surface area (Å²) >= 11 is 0. The number of benzene rings is 3. The number of hydrogen-bond acceptors (Lipinski definition) is 5. The normalized spacial score (nSPS) is 11.7. The lowest BCUT2D eigenvalue weighted by Crippen LogP contribution is -2.29. The van der Waals surface area contributed by atoms with Gasteiger partial charge in [-0.1, -0.05) is 48.5 Å². The molecule has 174 valence electrons. The molecule has 8 nitrogen and oxygen atoms in total. The van der Waals surface area contributed by atoms with Crippen LogP contribution < -0.4 is 14.8 Å². The van der Waals surface area contributed by atoms with Crippen LogP contribution in [0.3, 0.4) is 0 Å². The first kappa shape index (κ1) is 22.8. The molecule has 1 amide bonds. The molecule has 0 bridgehead atoms. The average molecular weight is 460 g/mol. The fourth-order valence-electron chi connectivity index (χ4n) is 4.07. The van der Waals surface area contributed by atoms with Crippen LogP contribution >= 0.6 is 0 Å². The van der Waals surface area contributed by atoms with Crippen LogP contribution in [0.4, 0.5) is 5.69 Å². The number of nitro groups is 1. The Bertz CT molecular complexity index is 1320. The highest BCUT2D eigenvalue weighted by atomic mass is 16.6. The summed E-state index contributed by atoms with van der Waals surface area (Å²) in [6, 6.07) is 20.4. The van der Waals surface area contributed by atoms with E-state index in [0.717, 1.165) is 22.0 Å². The highest BCUT2D eigenvalue weighted by Gasteiger charge is 2.26. The van der Waals surface area contributed by atoms with E-state index in [1.807, 2.05) is 60.8 Å². The number of hydrogen-bond donors (Lipinski definition) is 2. The van der Waals surface area contributed by atoms with E-state index < -0.39 is 10.8 Å². The number of fused-ring (bicyclic) bond motifs is 1. The molecular formula is C26H25N3O5. The number of amides is 1. The molecule has 8 heteroatoms. The maximum absolute atomic E-state index is 13.2. The van der Waals surface area contributed by atoms with Crippen molar-refractivity contribution >= 4 is 22.5 Å². The molecule has 0 saturated carbocycles. The van der Waals surface area contributed by atoms with Gasteiger partial charge in [0.15, 0.2) is 11.5 Å². The van der Waals surface area contributed by atoms with E-state index in [9.17, 15) is 14.9 Å². The van der Waals surface area contributed by atoms with Crippen molar-refractivity contribution in [1.29, 1.82) is 0 Å². The van der Waals surface area contributed by atoms with Crippen molar-refractivity contribution in [3.8, 4) is 11.5 Å². The molecule has 34 heavy (non-hydrogen) atoms. The number of aromatic nitrogens is 1. The molecule has 0 fully saturated rings. The first-order valence-electron chi connectivity index (χ1n) is 10.9. The molecule has 1 atom stereocenters. The number of carbonyl (C=O) groups is 1. The number of carbonyl (C=O) groups excluding carboxylic acids is 1. The van der Waals surface area contributed by atoms with Gasteiger partial charge in [0.25, 0.3) is 11.6 Å². The summed E-state index contributed by atoms with van der Waals surface area (Å²) in [6.45, 7) is 2.32. The van der Waals surface area contributed by atoms with Crippen LogP contribution in [0.2, 0.25) is 0 Å². The molecule has 0 aliphatic rings. The molecule has 1 unspecified atom stereocenters. The van der Waals surface area contributed by atoms with Crippen molar-refractivity contribution < 1.29 is 19.2 Å². The van der Waals surface area contributed by atoms with Gasteiger partial charge in [0.2, 0.25) is 0 Å². The standard InChI is InChI=1S/C26H25N3O5/c1-3-34-25-14-23(29(31)32)19(13-24(25)33-2)26(30)28-15-20(17-9-5-4-6-10-17)21-16-27-22-12-8-7-11-18(21)22/h4-14,16,20,27H,3,15H2,1-2H3,(H,28,30). The Hall–Kier alpha value is -4.33. The van der Waals surface area contributed by atoms with Gasteiger partial charge < -0.3 is 19.8 Å². The summed E-state index contributed by atoms with van der Waals surface area (Å²) in [6.07, 6.45) is 1.94. The second kappa shape index (κ2) is 10.1. The largest absolute Gasteiger partial charge is 0.493 e. The minimum atomic E-state index is -0.592. The molecule has 1 heterocycles. The van der Waals surface area contributed by atoms with Gasteiger partial charge in [0.05, 0.1) is 24.7 Å². The fraction of sp³-hybridized carbons (Fsp3) is 0.192. The van der Waals surface area contributed by atoms with E-state index >= 15 is 0 Å². The molecule has 1 aromatic heterocycles. The van der Waals surface area contributed by atoms with Crippen molar-refractivity contribution in [2.45, 2.75) is 12.8 Å². The third-order valence-corrected chi connectivity index (χ3v) is 5.69. The SMILES string of the molecule is CCOc1cc([N+](=O)[O-])c(C(=O)NCC(c2ccccc2)c2c[nH]c3ccccc23)cc1OC. The highest BCUT2D eigenvalue weighted by molar-refractivity contribution is 5.99. The van der Waals surface area contributed by atoms with Gasteiger partial charge in [-0.05, 0) is 24.1 Å². The summed E-state index contributed by atoms with van der Waals surface area (Å²) in [5, 5.41) is 15.7. The molecule has 0 aliphatic heterocycles. The number of ether oxygens (including phenoxy) is 2. The van der Waals surface area contributed by atoms with Crippen LogP contribution in [-0.2, 0) is 0 Å². The summed E-state index contributed by atoms with van der Waals surface area (Å²) in [7, 11) is 1.42. The molecule has 3 aromatic carbocycles. The molecule has 0 saturated heterocycles. The van der Waals surface area contributed by atoms with Gasteiger partial charge in [-0.25, -0.2) is 0 Å². The number of aromatic amines is 1. The van der Waals surface area contributed by atoms with Crippen molar-refractivity contribution in [2.24, 2.45) is 0 Å². The van der Waals surface area contributed by atoms with Crippen LogP contribution in [0.15, 0.2) is 72.9 Å². The maximum Gasteiger partial charge on any atom is 0.286 e. The Morgan fingerprint density at radius 2 is 1.82 bits per heavy atom. The van der Waals surface area contributed by atoms with E-state index in [-0.39, 0.29) is 35.2 Å². The molecule has 0 spiro atoms. The summed E-state index contributed by atoms with van der Waals surface area (Å²) in [5.74, 6) is -0.248. The first-order valence-corrected chi connectivity index (χ1v) is 10.9. The van der Waals surface area contributed by atoms with Crippen LogP contribution in [-0.4, -0.2) is 36.1 Å². The van der Waals surface area contributed by atoms with E-state index in [1.165, 1.54) is 19.2 Å². The molecule has 4 rings (SSSR count). The Balaban J connectivity index is 1.67. The molecule has 2 N–H and O–H groups in total. The second-order valence-corrected chi connectivity index (χ2v) is 7.67. The summed E-state index contributed by atoms with van der Waals surface area (Å²) in [5.41, 5.74) is 2.62. The summed E-state index contributed by atoms with van der Waals surface area (Å²) in [4.78, 5) is 27.5. The van der Waals surface area contributed by atoms with Crippen molar-refractivity contribution in [3.63, 3.8) is 0 Å². The third-order valence-electron chi connectivity index (χ3n) is 5.69. The minimum Gasteiger partial charge on any atom is -0.493 e. The number of nitro benzene ring substituents is 1. The van der Waals surface area contributed by atoms with E-state index in [4.69, 9.17) is 9.47 Å². The van der Waals surface area contributed by atoms with Gasteiger partial charge >= 0.3 is 0 Å². The van der Waals surface area contributed by atoms with Gasteiger partial charge in [-0.2, -0.15) is 0 Å². The van der Waals surface area contributed by atoms with Gasteiger partial charge in [0, 0.05) is 35.6 Å². The van der Waals surface area contributed by atoms with Crippen molar-refractivity contribution in [2.75, 3.05) is 20.3 Å². The van der Waals surface area contributed by atoms with E-state index in [0.29, 0.717) is 6.61 Å². The number of methoxy groups -OCH3 is 1. The Labute approximate surface area is 196 Å². The predicted molar refractivity (Wildman–Crippen MR) is 130 cm³/mol. The van der Waals surface area contributed by atoms with Crippen molar-refractivity contribution in [1.82, 2.24) is 10.3 Å². The van der Waals surface area contributed by atoms with Crippen LogP contribution in [0.1, 0.15) is 34.3 Å². The third kappa shape index (κ3) is 4.56. The smallest absolute Gasteiger partial charge is 0.286 e. The molecule has 4 aromatic rings. The maximum atomic E-state index is 13.2. The highest BCUT2D eigenvalue weighted by Crippen LogP contribution is 2.35. The quantitative estimate of drug-likeness (QED) is 0.269. The van der Waals surface area contributed by atoms with Gasteiger partial charge in [-0.3, -0.25) is 14.9 Å². The zero-order valence-electron chi connectivity index (χ0n) is 18.9. The predicted octanol–water partition coefficient (Wildman–Crippen LogP) is 5.05. The lowest BCUT2D eigenvalue weighted by Gasteiger charge is -2.18. The Morgan fingerprint density at radius 1 is 1.09 bits per heavy atom. The lowest BCUT2D eigenvalue weighted by molar-refractivity contribution is -0.385. The molecule has 0 aliphatic carbocycles. The average Bonchev–Trinajstić information content (AvgIpc) is 3.28. The Kier molecular flexibility index (Phi) is 6.77. The fourth-order valence-corrected chi connectivity index (χ4v) is 4.07. The zero-order chi connectivity index (χ0) is 24.1. The van der Waals surface area contributed by atoms with Crippen LogP contribution in [0, 0.1) is 10.1 Å². The van der Waals surface area contributed by atoms with Crippen LogP contribution in [0.25, 0.3) is 10.9 Å². The van der Waals surface area contributed by atoms with Crippen molar-refractivity contribution in [3.05, 3.63) is 99.7 Å². The molecular weight excluding hydrogens is 434 g/mol. The minimum absolute atomic E-state index is 0.0870. The first-order chi connectivity index (χ1) is 16.5. The number of H-pyrrole nitrogens is 1.